The van der Waals surface area contributed by atoms with Crippen molar-refractivity contribution in [3.05, 3.63) is 108 Å². The van der Waals surface area contributed by atoms with E-state index in [0.717, 1.165) is 43.8 Å². The van der Waals surface area contributed by atoms with Gasteiger partial charge in [0.1, 0.15) is 18.1 Å². The summed E-state index contributed by atoms with van der Waals surface area (Å²) < 4.78 is 0. The van der Waals surface area contributed by atoms with Gasteiger partial charge in [-0.3, -0.25) is 19.2 Å². The fraction of sp³-hybridized carbons (Fsp3) is 0.237. The Kier molecular flexibility index (Phi) is 10.7. The van der Waals surface area contributed by atoms with E-state index in [1.807, 2.05) is 72.8 Å². The van der Waals surface area contributed by atoms with E-state index >= 15 is 0 Å². The largest absolute Gasteiger partial charge is 0.480 e. The SMILES string of the molecule is NC(=O)CCC(NC(=O)C(Cc1c[nH]c2ccccc12)NC(=O)C(N)Cc1c[nH]c2ccccc12)C(=O)NC(Cc1c[nH]c2ccccc12)C(=O)O. The number of H-pyrrole nitrogens is 3. The first-order valence-electron chi connectivity index (χ1n) is 16.9. The number of benzene rings is 3. The number of carboxylic acid groups (broad SMARTS) is 1. The Morgan fingerprint density at radius 2 is 0.981 bits per heavy atom. The van der Waals surface area contributed by atoms with Gasteiger partial charge in [-0.05, 0) is 47.7 Å². The second-order valence-electron chi connectivity index (χ2n) is 12.8. The summed E-state index contributed by atoms with van der Waals surface area (Å²) in [6, 6.07) is 17.5. The average molecular weight is 705 g/mol. The highest BCUT2D eigenvalue weighted by Crippen LogP contribution is 2.22. The Morgan fingerprint density at radius 1 is 0.577 bits per heavy atom. The van der Waals surface area contributed by atoms with Crippen molar-refractivity contribution in [3.8, 4) is 0 Å². The van der Waals surface area contributed by atoms with Gasteiger partial charge >= 0.3 is 5.97 Å². The van der Waals surface area contributed by atoms with E-state index in [1.54, 1.807) is 18.6 Å². The number of nitrogens with one attached hydrogen (secondary N) is 6. The van der Waals surface area contributed by atoms with Crippen molar-refractivity contribution >= 4 is 62.3 Å². The van der Waals surface area contributed by atoms with E-state index in [2.05, 4.69) is 30.9 Å². The van der Waals surface area contributed by atoms with Crippen LogP contribution in [0.3, 0.4) is 0 Å². The van der Waals surface area contributed by atoms with Crippen LogP contribution in [-0.4, -0.2) is 73.8 Å². The molecule has 11 N–H and O–H groups in total. The molecule has 268 valence electrons. The minimum absolute atomic E-state index is 0.0316. The summed E-state index contributed by atoms with van der Waals surface area (Å²) in [5.41, 5.74) is 16.5. The summed E-state index contributed by atoms with van der Waals surface area (Å²) in [6.07, 6.45) is 4.90. The van der Waals surface area contributed by atoms with Gasteiger partial charge in [0, 0.05) is 70.6 Å². The van der Waals surface area contributed by atoms with Crippen LogP contribution in [0.4, 0.5) is 0 Å². The van der Waals surface area contributed by atoms with Crippen LogP contribution in [0.5, 0.6) is 0 Å². The molecule has 3 heterocycles. The molecule has 0 bridgehead atoms. The molecule has 4 atom stereocenters. The highest BCUT2D eigenvalue weighted by molar-refractivity contribution is 5.96. The molecule has 52 heavy (non-hydrogen) atoms. The average Bonchev–Trinajstić information content (AvgIpc) is 3.86. The van der Waals surface area contributed by atoms with Crippen molar-refractivity contribution in [2.24, 2.45) is 11.5 Å². The molecule has 0 aliphatic carbocycles. The maximum atomic E-state index is 14.0. The molecule has 0 aliphatic rings. The molecular weight excluding hydrogens is 664 g/mol. The first-order valence-corrected chi connectivity index (χ1v) is 16.9. The van der Waals surface area contributed by atoms with E-state index in [0.29, 0.717) is 5.56 Å². The van der Waals surface area contributed by atoms with Crippen molar-refractivity contribution in [3.63, 3.8) is 0 Å². The van der Waals surface area contributed by atoms with Crippen molar-refractivity contribution in [1.82, 2.24) is 30.9 Å². The van der Waals surface area contributed by atoms with Crippen LogP contribution in [0, 0.1) is 0 Å². The molecule has 14 heteroatoms. The number of fused-ring (bicyclic) bond motifs is 3. The van der Waals surface area contributed by atoms with Gasteiger partial charge in [0.05, 0.1) is 6.04 Å². The van der Waals surface area contributed by atoms with Crippen molar-refractivity contribution < 1.29 is 29.1 Å². The molecule has 6 rings (SSSR count). The van der Waals surface area contributed by atoms with Crippen molar-refractivity contribution in [1.29, 1.82) is 0 Å². The number of carbonyl (C=O) groups excluding carboxylic acids is 4. The summed E-state index contributed by atoms with van der Waals surface area (Å²) in [5.74, 6) is -4.14. The van der Waals surface area contributed by atoms with Gasteiger partial charge in [-0.25, -0.2) is 4.79 Å². The van der Waals surface area contributed by atoms with Gasteiger partial charge in [0.25, 0.3) is 0 Å². The monoisotopic (exact) mass is 704 g/mol. The van der Waals surface area contributed by atoms with Crippen LogP contribution in [0.25, 0.3) is 32.7 Å². The molecule has 4 amide bonds. The number of rotatable bonds is 16. The van der Waals surface area contributed by atoms with E-state index < -0.39 is 53.8 Å². The molecule has 3 aromatic carbocycles. The number of aliphatic carboxylic acids is 1. The Balaban J connectivity index is 1.21. The third-order valence-corrected chi connectivity index (χ3v) is 9.21. The number of carboxylic acids is 1. The van der Waals surface area contributed by atoms with Crippen LogP contribution < -0.4 is 27.4 Å². The molecule has 3 aromatic heterocycles. The lowest BCUT2D eigenvalue weighted by Gasteiger charge is -2.25. The Hall–Kier alpha value is -6.41. The van der Waals surface area contributed by atoms with Gasteiger partial charge in [0.15, 0.2) is 0 Å². The smallest absolute Gasteiger partial charge is 0.326 e. The Bertz CT molecular complexity index is 2250. The minimum atomic E-state index is -1.36. The summed E-state index contributed by atoms with van der Waals surface area (Å²) >= 11 is 0. The minimum Gasteiger partial charge on any atom is -0.480 e. The van der Waals surface area contributed by atoms with E-state index in [4.69, 9.17) is 11.5 Å². The summed E-state index contributed by atoms with van der Waals surface area (Å²) in [6.45, 7) is 0. The number of primary amides is 1. The highest BCUT2D eigenvalue weighted by atomic mass is 16.4. The fourth-order valence-electron chi connectivity index (χ4n) is 6.46. The van der Waals surface area contributed by atoms with Crippen molar-refractivity contribution in [2.75, 3.05) is 0 Å². The quantitative estimate of drug-likeness (QED) is 0.0727. The van der Waals surface area contributed by atoms with Crippen LogP contribution in [0.1, 0.15) is 29.5 Å². The normalized spacial score (nSPS) is 13.7. The standard InChI is InChI=1S/C38H40N8O6/c39-27(15-21-18-41-28-10-4-1-7-24(21)28)35(48)45-32(16-22-19-42-29-11-5-2-8-25(22)29)37(50)44-31(13-14-34(40)47)36(49)46-33(38(51)52)17-23-20-43-30-12-6-3-9-26(23)30/h1-12,18-20,27,31-33,41-43H,13-17,39H2,(H2,40,47)(H,44,50)(H,45,48)(H,46,49)(H,51,52). The summed E-state index contributed by atoms with van der Waals surface area (Å²) in [4.78, 5) is 74.8. The number of aromatic amines is 3. The van der Waals surface area contributed by atoms with Crippen LogP contribution >= 0.6 is 0 Å². The third-order valence-electron chi connectivity index (χ3n) is 9.21. The molecule has 0 fully saturated rings. The lowest BCUT2D eigenvalue weighted by atomic mass is 10.0. The number of hydrogen-bond acceptors (Lipinski definition) is 6. The number of amides is 4. The number of hydrogen-bond donors (Lipinski definition) is 9. The first kappa shape index (κ1) is 35.4. The lowest BCUT2D eigenvalue weighted by molar-refractivity contribution is -0.142. The second kappa shape index (κ2) is 15.6. The first-order chi connectivity index (χ1) is 25.1. The predicted molar refractivity (Wildman–Crippen MR) is 196 cm³/mol. The number of para-hydroxylation sites is 3. The topological polar surface area (TPSA) is 241 Å². The number of carbonyl (C=O) groups is 5. The third kappa shape index (κ3) is 8.13. The van der Waals surface area contributed by atoms with Crippen LogP contribution in [-0.2, 0) is 43.2 Å². The van der Waals surface area contributed by atoms with Crippen LogP contribution in [0.15, 0.2) is 91.4 Å². The van der Waals surface area contributed by atoms with Gasteiger partial charge in [-0.2, -0.15) is 0 Å². The zero-order valence-corrected chi connectivity index (χ0v) is 28.1. The van der Waals surface area contributed by atoms with Crippen molar-refractivity contribution in [2.45, 2.75) is 56.3 Å². The summed E-state index contributed by atoms with van der Waals surface area (Å²) in [5, 5.41) is 20.6. The fourth-order valence-corrected chi connectivity index (χ4v) is 6.46. The predicted octanol–water partition coefficient (Wildman–Crippen LogP) is 2.29. The van der Waals surface area contributed by atoms with Gasteiger partial charge < -0.3 is 47.5 Å². The molecule has 0 saturated carbocycles. The Labute approximate surface area is 297 Å². The maximum Gasteiger partial charge on any atom is 0.326 e. The molecule has 0 aliphatic heterocycles. The van der Waals surface area contributed by atoms with E-state index in [1.165, 1.54) is 0 Å². The molecule has 6 aromatic rings. The van der Waals surface area contributed by atoms with E-state index in [-0.39, 0.29) is 32.1 Å². The lowest BCUT2D eigenvalue weighted by Crippen LogP contribution is -2.58. The zero-order valence-electron chi connectivity index (χ0n) is 28.1. The molecule has 4 unspecified atom stereocenters. The molecule has 14 nitrogen and oxygen atoms in total. The van der Waals surface area contributed by atoms with Crippen LogP contribution in [0.2, 0.25) is 0 Å². The molecular formula is C38H40N8O6. The molecule has 0 radical (unpaired) electrons. The maximum absolute atomic E-state index is 14.0. The van der Waals surface area contributed by atoms with Gasteiger partial charge in [-0.1, -0.05) is 54.6 Å². The highest BCUT2D eigenvalue weighted by Gasteiger charge is 2.32. The molecule has 0 saturated heterocycles. The number of aromatic nitrogens is 3. The summed E-state index contributed by atoms with van der Waals surface area (Å²) in [7, 11) is 0. The number of nitrogens with two attached hydrogens (primary N) is 2. The Morgan fingerprint density at radius 3 is 1.46 bits per heavy atom. The zero-order chi connectivity index (χ0) is 36.8. The van der Waals surface area contributed by atoms with Gasteiger partial charge in [0.2, 0.25) is 23.6 Å². The molecule has 0 spiro atoms. The van der Waals surface area contributed by atoms with Gasteiger partial charge in [-0.15, -0.1) is 0 Å². The van der Waals surface area contributed by atoms with E-state index in [9.17, 15) is 29.1 Å². The second-order valence-corrected chi connectivity index (χ2v) is 12.8.